The van der Waals surface area contributed by atoms with Gasteiger partial charge in [-0.2, -0.15) is 0 Å². The van der Waals surface area contributed by atoms with Gasteiger partial charge in [0.25, 0.3) is 5.69 Å². The Morgan fingerprint density at radius 3 is 2.57 bits per heavy atom. The summed E-state index contributed by atoms with van der Waals surface area (Å²) >= 11 is 5.98. The lowest BCUT2D eigenvalue weighted by molar-refractivity contribution is -0.384. The summed E-state index contributed by atoms with van der Waals surface area (Å²) in [5.74, 6) is -1.30. The third-order valence-electron chi connectivity index (χ3n) is 4.05. The van der Waals surface area contributed by atoms with Gasteiger partial charge < -0.3 is 15.5 Å². The Labute approximate surface area is 125 Å². The van der Waals surface area contributed by atoms with E-state index in [0.29, 0.717) is 6.42 Å². The summed E-state index contributed by atoms with van der Waals surface area (Å²) in [5, 5.41) is 32.7. The number of carbonyl (C=O) groups is 1. The van der Waals surface area contributed by atoms with Crippen LogP contribution >= 0.6 is 11.6 Å². The second kappa shape index (κ2) is 5.16. The Morgan fingerprint density at radius 1 is 1.52 bits per heavy atom. The third kappa shape index (κ3) is 2.66. The zero-order valence-corrected chi connectivity index (χ0v) is 12.2. The summed E-state index contributed by atoms with van der Waals surface area (Å²) in [6.07, 6.45) is -0.0283. The molecule has 1 aliphatic rings. The number of nitrogens with zero attached hydrogens (tertiary/aromatic N) is 1. The first kappa shape index (κ1) is 15.5. The summed E-state index contributed by atoms with van der Waals surface area (Å²) in [4.78, 5) is 21.4. The monoisotopic (exact) mass is 314 g/mol. The van der Waals surface area contributed by atoms with Crippen LogP contribution in [0.15, 0.2) is 12.1 Å². The fourth-order valence-corrected chi connectivity index (χ4v) is 2.60. The van der Waals surface area contributed by atoms with Crippen LogP contribution in [0.25, 0.3) is 0 Å². The maximum atomic E-state index is 11.3. The number of hydrogen-bond acceptors (Lipinski definition) is 5. The van der Waals surface area contributed by atoms with Crippen LogP contribution in [0.2, 0.25) is 5.02 Å². The molecule has 114 valence electrons. The van der Waals surface area contributed by atoms with Crippen molar-refractivity contribution in [3.63, 3.8) is 0 Å². The number of nitrogens with one attached hydrogen (secondary N) is 1. The maximum Gasteiger partial charge on any atom is 0.338 e. The zero-order chi connectivity index (χ0) is 15.9. The molecule has 1 aromatic carbocycles. The zero-order valence-electron chi connectivity index (χ0n) is 11.5. The number of aromatic carboxylic acids is 1. The van der Waals surface area contributed by atoms with Gasteiger partial charge in [0.05, 0.1) is 27.3 Å². The van der Waals surface area contributed by atoms with Crippen LogP contribution in [0.5, 0.6) is 0 Å². The molecule has 1 saturated carbocycles. The molecule has 0 spiro atoms. The topological polar surface area (TPSA) is 113 Å². The van der Waals surface area contributed by atoms with Crippen molar-refractivity contribution in [1.82, 2.24) is 0 Å². The summed E-state index contributed by atoms with van der Waals surface area (Å²) in [6.45, 7) is 3.69. The lowest BCUT2D eigenvalue weighted by atomic mass is 9.64. The van der Waals surface area contributed by atoms with Crippen molar-refractivity contribution < 1.29 is 19.9 Å². The van der Waals surface area contributed by atoms with Crippen molar-refractivity contribution in [3.05, 3.63) is 32.8 Å². The van der Waals surface area contributed by atoms with Gasteiger partial charge in [-0.1, -0.05) is 25.4 Å². The highest BCUT2D eigenvalue weighted by Gasteiger charge is 2.47. The lowest BCUT2D eigenvalue weighted by Crippen LogP contribution is -2.57. The van der Waals surface area contributed by atoms with Crippen molar-refractivity contribution >= 4 is 28.9 Å². The molecule has 2 atom stereocenters. The van der Waals surface area contributed by atoms with Crippen molar-refractivity contribution in [3.8, 4) is 0 Å². The number of anilines is 1. The predicted molar refractivity (Wildman–Crippen MR) is 76.9 cm³/mol. The van der Waals surface area contributed by atoms with Crippen LogP contribution < -0.4 is 5.32 Å². The molecule has 0 aliphatic heterocycles. The van der Waals surface area contributed by atoms with Crippen LogP contribution in [0.1, 0.15) is 30.6 Å². The summed E-state index contributed by atoms with van der Waals surface area (Å²) in [6, 6.07) is 1.92. The van der Waals surface area contributed by atoms with Crippen LogP contribution in [0.4, 0.5) is 11.4 Å². The SMILES string of the molecule is CC1(C)C(O)CC1Nc1c(Cl)cc([N+](=O)[O-])cc1C(=O)O. The molecule has 7 nitrogen and oxygen atoms in total. The Hall–Kier alpha value is -1.86. The molecule has 1 aliphatic carbocycles. The Kier molecular flexibility index (Phi) is 3.81. The summed E-state index contributed by atoms with van der Waals surface area (Å²) in [7, 11) is 0. The van der Waals surface area contributed by atoms with Gasteiger partial charge in [-0.15, -0.1) is 0 Å². The molecule has 0 heterocycles. The van der Waals surface area contributed by atoms with Gasteiger partial charge in [0.15, 0.2) is 0 Å². The Balaban J connectivity index is 2.39. The number of carboxylic acids is 1. The molecule has 0 aromatic heterocycles. The van der Waals surface area contributed by atoms with Gasteiger partial charge in [-0.3, -0.25) is 10.1 Å². The summed E-state index contributed by atoms with van der Waals surface area (Å²) in [5.41, 5.74) is -0.928. The van der Waals surface area contributed by atoms with Crippen LogP contribution in [0.3, 0.4) is 0 Å². The van der Waals surface area contributed by atoms with E-state index >= 15 is 0 Å². The number of halogens is 1. The number of aliphatic hydroxyl groups excluding tert-OH is 1. The quantitative estimate of drug-likeness (QED) is 0.581. The number of nitro benzene ring substituents is 1. The molecule has 3 N–H and O–H groups in total. The fraction of sp³-hybridized carbons (Fsp3) is 0.462. The molecule has 1 aromatic rings. The highest BCUT2D eigenvalue weighted by molar-refractivity contribution is 6.34. The average Bonchev–Trinajstić information content (AvgIpc) is 2.39. The molecular weight excluding hydrogens is 300 g/mol. The van der Waals surface area contributed by atoms with Gasteiger partial charge in [-0.25, -0.2) is 4.79 Å². The first-order valence-corrected chi connectivity index (χ1v) is 6.68. The normalized spacial score (nSPS) is 23.2. The number of aliphatic hydroxyl groups is 1. The average molecular weight is 315 g/mol. The largest absolute Gasteiger partial charge is 0.478 e. The van der Waals surface area contributed by atoms with Gasteiger partial charge in [-0.05, 0) is 6.42 Å². The van der Waals surface area contributed by atoms with Gasteiger partial charge in [0, 0.05) is 23.6 Å². The van der Waals surface area contributed by atoms with E-state index < -0.39 is 22.4 Å². The second-order valence-electron chi connectivity index (χ2n) is 5.68. The molecule has 21 heavy (non-hydrogen) atoms. The number of benzene rings is 1. The first-order valence-electron chi connectivity index (χ1n) is 6.30. The van der Waals surface area contributed by atoms with Crippen molar-refractivity contribution in [1.29, 1.82) is 0 Å². The predicted octanol–water partition coefficient (Wildman–Crippen LogP) is 2.52. The van der Waals surface area contributed by atoms with Crippen molar-refractivity contribution in [2.24, 2.45) is 5.41 Å². The summed E-state index contributed by atoms with van der Waals surface area (Å²) < 4.78 is 0. The van der Waals surface area contributed by atoms with E-state index in [1.165, 1.54) is 0 Å². The Morgan fingerprint density at radius 2 is 2.14 bits per heavy atom. The van der Waals surface area contributed by atoms with E-state index in [2.05, 4.69) is 5.32 Å². The van der Waals surface area contributed by atoms with Gasteiger partial charge >= 0.3 is 5.97 Å². The fourth-order valence-electron chi connectivity index (χ4n) is 2.33. The van der Waals surface area contributed by atoms with E-state index in [1.54, 1.807) is 0 Å². The minimum Gasteiger partial charge on any atom is -0.478 e. The number of nitro groups is 1. The second-order valence-corrected chi connectivity index (χ2v) is 6.09. The molecule has 0 radical (unpaired) electrons. The number of carboxylic acid groups (broad SMARTS) is 1. The van der Waals surface area contributed by atoms with Crippen LogP contribution in [0, 0.1) is 15.5 Å². The van der Waals surface area contributed by atoms with Crippen molar-refractivity contribution in [2.45, 2.75) is 32.4 Å². The molecule has 8 heteroatoms. The highest BCUT2D eigenvalue weighted by Crippen LogP contribution is 2.44. The van der Waals surface area contributed by atoms with E-state index in [0.717, 1.165) is 12.1 Å². The maximum absolute atomic E-state index is 11.3. The molecule has 2 rings (SSSR count). The standard InChI is InChI=1S/C13H15ClN2O5/c1-13(2)9(5-10(13)17)15-11-7(12(18)19)3-6(16(20)21)4-8(11)14/h3-4,9-10,15,17H,5H2,1-2H3,(H,18,19). The molecule has 2 unspecified atom stereocenters. The molecule has 0 amide bonds. The minimum atomic E-state index is -1.30. The molecule has 0 bridgehead atoms. The number of hydrogen-bond donors (Lipinski definition) is 3. The lowest BCUT2D eigenvalue weighted by Gasteiger charge is -2.50. The van der Waals surface area contributed by atoms with Crippen molar-refractivity contribution in [2.75, 3.05) is 5.32 Å². The molecular formula is C13H15ClN2O5. The van der Waals surface area contributed by atoms with Gasteiger partial charge in [0.2, 0.25) is 0 Å². The van der Waals surface area contributed by atoms with E-state index in [4.69, 9.17) is 11.6 Å². The third-order valence-corrected chi connectivity index (χ3v) is 4.35. The Bertz CT molecular complexity index is 617. The number of rotatable bonds is 4. The molecule has 1 fully saturated rings. The number of non-ortho nitro benzene ring substituents is 1. The smallest absolute Gasteiger partial charge is 0.338 e. The van der Waals surface area contributed by atoms with Crippen LogP contribution in [-0.2, 0) is 0 Å². The van der Waals surface area contributed by atoms with E-state index in [-0.39, 0.29) is 28.0 Å². The molecule has 0 saturated heterocycles. The first-order chi connectivity index (χ1) is 9.64. The minimum absolute atomic E-state index is 0.0289. The van der Waals surface area contributed by atoms with E-state index in [9.17, 15) is 25.1 Å². The van der Waals surface area contributed by atoms with Crippen LogP contribution in [-0.4, -0.2) is 33.3 Å². The highest BCUT2D eigenvalue weighted by atomic mass is 35.5. The van der Waals surface area contributed by atoms with E-state index in [1.807, 2.05) is 13.8 Å². The van der Waals surface area contributed by atoms with Gasteiger partial charge in [0.1, 0.15) is 0 Å².